The van der Waals surface area contributed by atoms with Gasteiger partial charge in [0.25, 0.3) is 5.91 Å². The lowest BCUT2D eigenvalue weighted by Crippen LogP contribution is -2.63. The number of nitrogens with zero attached hydrogens (tertiary/aromatic N) is 2. The Bertz CT molecular complexity index is 821. The summed E-state index contributed by atoms with van der Waals surface area (Å²) < 4.78 is 1.66. The molecule has 1 aromatic heterocycles. The number of carboxylic acids is 1. The Hall–Kier alpha value is -2.39. The van der Waals surface area contributed by atoms with Crippen molar-refractivity contribution in [2.45, 2.75) is 37.4 Å². The number of hydrogen-bond donors (Lipinski definition) is 3. The van der Waals surface area contributed by atoms with Gasteiger partial charge in [0.15, 0.2) is 12.4 Å². The zero-order valence-electron chi connectivity index (χ0n) is 15.0. The lowest BCUT2D eigenvalue weighted by molar-refractivity contribution is -0.684. The zero-order chi connectivity index (χ0) is 19.9. The van der Waals surface area contributed by atoms with Crippen LogP contribution >= 0.6 is 11.8 Å². The highest BCUT2D eigenvalue weighted by molar-refractivity contribution is 7.99. The Kier molecular flexibility index (Phi) is 5.25. The minimum Gasteiger partial charge on any atom is -0.477 e. The fraction of sp³-hybridized carbons (Fsp3) is 0.444. The summed E-state index contributed by atoms with van der Waals surface area (Å²) in [6.07, 6.45) is 2.66. The van der Waals surface area contributed by atoms with Crippen molar-refractivity contribution < 1.29 is 29.2 Å². The fourth-order valence-electron chi connectivity index (χ4n) is 3.82. The summed E-state index contributed by atoms with van der Waals surface area (Å²) in [6, 6.07) is 3.35. The molecule has 0 bridgehead atoms. The quantitative estimate of drug-likeness (QED) is 0.334. The van der Waals surface area contributed by atoms with Crippen molar-refractivity contribution in [3.05, 3.63) is 35.8 Å². The largest absolute Gasteiger partial charge is 0.477 e. The maximum Gasteiger partial charge on any atom is 0.352 e. The molecule has 0 saturated carbocycles. The molecule has 3 rings (SSSR count). The van der Waals surface area contributed by atoms with E-state index in [-0.39, 0.29) is 30.1 Å². The van der Waals surface area contributed by atoms with Gasteiger partial charge in [0.2, 0.25) is 12.5 Å². The molecule has 2 aliphatic rings. The van der Waals surface area contributed by atoms with Crippen LogP contribution in [-0.2, 0) is 20.9 Å². The van der Waals surface area contributed by atoms with E-state index in [9.17, 15) is 24.6 Å². The molecule has 0 aliphatic carbocycles. The molecular weight excluding hydrogens is 370 g/mol. The number of primary amides is 1. The number of nitrogens with two attached hydrogens (primary N) is 1. The van der Waals surface area contributed by atoms with Crippen molar-refractivity contribution in [2.24, 2.45) is 17.6 Å². The summed E-state index contributed by atoms with van der Waals surface area (Å²) in [5.74, 6) is -2.14. The minimum absolute atomic E-state index is 0.0432. The summed E-state index contributed by atoms with van der Waals surface area (Å²) in [4.78, 5) is 37.2. The highest BCUT2D eigenvalue weighted by Gasteiger charge is 2.59. The third-order valence-electron chi connectivity index (χ3n) is 5.11. The Morgan fingerprint density at radius 3 is 2.52 bits per heavy atom. The normalized spacial score (nSPS) is 25.2. The molecule has 0 unspecified atom stereocenters. The van der Waals surface area contributed by atoms with Gasteiger partial charge in [-0.25, -0.2) is 4.79 Å². The standard InChI is InChI=1S/C18H21N3O5S/c1-9-12(8-27-11-3-5-20(6-4-11)7-13(19)23)16(18(25)26)21-15(9)14(10(2)22)17(21)24/h3-6,9-10,14-15,22H,7-8H2,1-2H3,(H2-,19,23,25,26)/p+1/t9-,10+,14+,15+/m0/s1. The molecule has 0 radical (unpaired) electrons. The first kappa shape index (κ1) is 19.4. The number of aromatic nitrogens is 1. The van der Waals surface area contributed by atoms with E-state index in [2.05, 4.69) is 0 Å². The van der Waals surface area contributed by atoms with Gasteiger partial charge in [-0.3, -0.25) is 9.59 Å². The summed E-state index contributed by atoms with van der Waals surface area (Å²) in [7, 11) is 0. The van der Waals surface area contributed by atoms with Gasteiger partial charge in [0.05, 0.1) is 18.1 Å². The van der Waals surface area contributed by atoms with Gasteiger partial charge in [-0.15, -0.1) is 11.8 Å². The van der Waals surface area contributed by atoms with Gasteiger partial charge < -0.3 is 20.8 Å². The van der Waals surface area contributed by atoms with E-state index in [1.165, 1.54) is 16.7 Å². The smallest absolute Gasteiger partial charge is 0.352 e. The number of carbonyl (C=O) groups excluding carboxylic acids is 2. The Balaban J connectivity index is 1.76. The van der Waals surface area contributed by atoms with Crippen molar-refractivity contribution in [1.29, 1.82) is 0 Å². The minimum atomic E-state index is -1.12. The molecule has 144 valence electrons. The predicted molar refractivity (Wildman–Crippen MR) is 96.2 cm³/mol. The number of carbonyl (C=O) groups is 3. The maximum atomic E-state index is 12.3. The Morgan fingerprint density at radius 1 is 1.37 bits per heavy atom. The van der Waals surface area contributed by atoms with Crippen molar-refractivity contribution in [1.82, 2.24) is 4.90 Å². The summed E-state index contributed by atoms with van der Waals surface area (Å²) in [5, 5.41) is 19.5. The van der Waals surface area contributed by atoms with Crippen LogP contribution in [0.4, 0.5) is 0 Å². The summed E-state index contributed by atoms with van der Waals surface area (Å²) in [6.45, 7) is 3.55. The van der Waals surface area contributed by atoms with Crippen LogP contribution in [-0.4, -0.2) is 50.8 Å². The second-order valence-corrected chi connectivity index (χ2v) is 7.94. The lowest BCUT2D eigenvalue weighted by atomic mass is 9.78. The molecule has 9 heteroatoms. The summed E-state index contributed by atoms with van der Waals surface area (Å²) >= 11 is 1.46. The second kappa shape index (κ2) is 7.32. The third-order valence-corrected chi connectivity index (χ3v) is 6.17. The van der Waals surface area contributed by atoms with Gasteiger partial charge >= 0.3 is 5.97 Å². The highest BCUT2D eigenvalue weighted by Crippen LogP contribution is 2.48. The van der Waals surface area contributed by atoms with Crippen molar-refractivity contribution >= 4 is 29.5 Å². The number of carboxylic acid groups (broad SMARTS) is 1. The van der Waals surface area contributed by atoms with Gasteiger partial charge in [0, 0.05) is 28.7 Å². The van der Waals surface area contributed by atoms with Crippen LogP contribution in [0.15, 0.2) is 40.7 Å². The van der Waals surface area contributed by atoms with Crippen LogP contribution in [0.1, 0.15) is 13.8 Å². The second-order valence-electron chi connectivity index (χ2n) is 6.89. The topological polar surface area (TPSA) is 125 Å². The van der Waals surface area contributed by atoms with Crippen molar-refractivity contribution in [2.75, 3.05) is 5.75 Å². The predicted octanol–water partition coefficient (Wildman–Crippen LogP) is -0.252. The average molecular weight is 392 g/mol. The van der Waals surface area contributed by atoms with E-state index in [4.69, 9.17) is 5.73 Å². The molecule has 1 saturated heterocycles. The number of amides is 2. The monoisotopic (exact) mass is 392 g/mol. The molecule has 0 aromatic carbocycles. The summed E-state index contributed by atoms with van der Waals surface area (Å²) in [5.41, 5.74) is 5.90. The van der Waals surface area contributed by atoms with Crippen LogP contribution in [0, 0.1) is 11.8 Å². The molecule has 1 aromatic rings. The molecule has 4 N–H and O–H groups in total. The van der Waals surface area contributed by atoms with Crippen LogP contribution in [0.5, 0.6) is 0 Å². The molecule has 1 fully saturated rings. The molecule has 4 atom stereocenters. The Labute approximate surface area is 160 Å². The molecular formula is C18H22N3O5S+. The molecule has 0 spiro atoms. The molecule has 27 heavy (non-hydrogen) atoms. The number of fused-ring (bicyclic) bond motifs is 1. The number of rotatable bonds is 7. The average Bonchev–Trinajstić information content (AvgIpc) is 2.82. The fourth-order valence-corrected chi connectivity index (χ4v) is 4.86. The van der Waals surface area contributed by atoms with E-state index >= 15 is 0 Å². The van der Waals surface area contributed by atoms with Crippen molar-refractivity contribution in [3.63, 3.8) is 0 Å². The van der Waals surface area contributed by atoms with Gasteiger partial charge in [-0.2, -0.15) is 4.57 Å². The first-order chi connectivity index (χ1) is 12.7. The van der Waals surface area contributed by atoms with E-state index in [0.29, 0.717) is 11.3 Å². The van der Waals surface area contributed by atoms with Crippen molar-refractivity contribution in [3.8, 4) is 0 Å². The molecule has 2 amide bonds. The molecule has 2 aliphatic heterocycles. The first-order valence-electron chi connectivity index (χ1n) is 8.60. The number of aliphatic hydroxyl groups is 1. The van der Waals surface area contributed by atoms with E-state index in [1.807, 2.05) is 19.1 Å². The Morgan fingerprint density at radius 2 is 2.00 bits per heavy atom. The van der Waals surface area contributed by atoms with Gasteiger partial charge in [-0.05, 0) is 12.5 Å². The van der Waals surface area contributed by atoms with Crippen LogP contribution in [0.2, 0.25) is 0 Å². The number of thioether (sulfide) groups is 1. The number of β-lactam (4-membered cyclic amide) rings is 1. The van der Waals surface area contributed by atoms with E-state index < -0.39 is 23.9 Å². The number of aliphatic carboxylic acids is 1. The maximum absolute atomic E-state index is 12.3. The van der Waals surface area contributed by atoms with Crippen LogP contribution in [0.25, 0.3) is 0 Å². The lowest BCUT2D eigenvalue weighted by Gasteiger charge is -2.46. The van der Waals surface area contributed by atoms with E-state index in [0.717, 1.165) is 4.90 Å². The number of pyridine rings is 1. The van der Waals surface area contributed by atoms with Gasteiger partial charge in [0.1, 0.15) is 5.70 Å². The third kappa shape index (κ3) is 3.44. The molecule has 3 heterocycles. The molecule has 8 nitrogen and oxygen atoms in total. The van der Waals surface area contributed by atoms with Crippen LogP contribution in [0.3, 0.4) is 0 Å². The first-order valence-corrected chi connectivity index (χ1v) is 9.58. The van der Waals surface area contributed by atoms with Crippen LogP contribution < -0.4 is 10.3 Å². The SMILES string of the molecule is C[C@@H](O)[C@H]1C(=O)N2C(C(=O)O)=C(CSc3cc[n+](CC(N)=O)cc3)[C@H](C)[C@H]12. The van der Waals surface area contributed by atoms with E-state index in [1.54, 1.807) is 23.9 Å². The number of hydrogen-bond acceptors (Lipinski definition) is 5. The zero-order valence-corrected chi connectivity index (χ0v) is 15.8. The number of aliphatic hydroxyl groups excluding tert-OH is 1. The van der Waals surface area contributed by atoms with Gasteiger partial charge in [-0.1, -0.05) is 6.92 Å². The highest BCUT2D eigenvalue weighted by atomic mass is 32.2.